The number of hydrogen-bond donors (Lipinski definition) is 2. The van der Waals surface area contributed by atoms with E-state index in [9.17, 15) is 10.0 Å². The Hall–Kier alpha value is -1.59. The SMILES string of the molecule is CC(C)[Si](C#Cc1c(F)ccc2cc(O[Si](C(C)C)(C(C)C)C(C)C)cc(B(O)O)c12)(C(C)C)C(C)C. The van der Waals surface area contributed by atoms with Crippen molar-refractivity contribution in [2.45, 2.75) is 116 Å². The first-order valence-electron chi connectivity index (χ1n) is 13.9. The lowest BCUT2D eigenvalue weighted by Gasteiger charge is -2.42. The molecular weight excluding hydrogens is 494 g/mol. The third-order valence-electron chi connectivity index (χ3n) is 8.62. The minimum atomic E-state index is -2.28. The highest BCUT2D eigenvalue weighted by molar-refractivity contribution is 6.90. The van der Waals surface area contributed by atoms with Crippen LogP contribution in [0.25, 0.3) is 10.8 Å². The Kier molecular flexibility index (Phi) is 10.3. The quantitative estimate of drug-likeness (QED) is 0.251. The zero-order chi connectivity index (χ0) is 28.5. The lowest BCUT2D eigenvalue weighted by atomic mass is 9.76. The minimum absolute atomic E-state index is 0.237. The summed E-state index contributed by atoms with van der Waals surface area (Å²) in [6, 6.07) is 6.73. The number of benzene rings is 2. The standard InChI is InChI=1S/C30H48BFO3Si2/c1-19(2)36(20(3)4,21(5)6)16-15-27-29(32)14-13-25-17-26(18-28(30(25)27)31(33)34)35-37(22(7)8,23(9)10)24(11)12/h13-14,17-24,33-34H,1-12H3. The number of rotatable bonds is 9. The first-order valence-corrected chi connectivity index (χ1v) is 18.3. The van der Waals surface area contributed by atoms with Gasteiger partial charge in [-0.15, -0.1) is 5.54 Å². The molecule has 0 bridgehead atoms. The summed E-state index contributed by atoms with van der Waals surface area (Å²) in [5.41, 5.74) is 6.39. The molecule has 0 fully saturated rings. The molecule has 204 valence electrons. The molecule has 0 aromatic heterocycles. The van der Waals surface area contributed by atoms with E-state index in [4.69, 9.17) is 4.43 Å². The second-order valence-corrected chi connectivity index (χ2v) is 23.4. The molecule has 2 N–H and O–H groups in total. The van der Waals surface area contributed by atoms with Crippen LogP contribution in [0, 0.1) is 17.3 Å². The Bertz CT molecular complexity index is 1100. The fraction of sp³-hybridized carbons (Fsp3) is 0.600. The van der Waals surface area contributed by atoms with Gasteiger partial charge < -0.3 is 14.5 Å². The molecule has 0 unspecified atom stereocenters. The van der Waals surface area contributed by atoms with Gasteiger partial charge in [0.05, 0.1) is 5.56 Å². The van der Waals surface area contributed by atoms with Crippen LogP contribution in [-0.4, -0.2) is 33.6 Å². The maximum absolute atomic E-state index is 15.4. The number of fused-ring (bicyclic) bond motifs is 1. The van der Waals surface area contributed by atoms with E-state index in [2.05, 4.69) is 94.5 Å². The van der Waals surface area contributed by atoms with Crippen molar-refractivity contribution in [3.05, 3.63) is 35.6 Å². The van der Waals surface area contributed by atoms with Crippen LogP contribution in [0.4, 0.5) is 4.39 Å². The fourth-order valence-corrected chi connectivity index (χ4v) is 17.4. The van der Waals surface area contributed by atoms with Gasteiger partial charge in [-0.25, -0.2) is 4.39 Å². The third kappa shape index (κ3) is 5.88. The Balaban J connectivity index is 2.87. The van der Waals surface area contributed by atoms with Gasteiger partial charge >= 0.3 is 7.12 Å². The normalized spacial score (nSPS) is 12.9. The molecular formula is C30H48BFO3Si2. The van der Waals surface area contributed by atoms with E-state index >= 15 is 4.39 Å². The monoisotopic (exact) mass is 542 g/mol. The Labute approximate surface area is 227 Å². The molecule has 2 rings (SSSR count). The zero-order valence-corrected chi connectivity index (χ0v) is 27.0. The molecule has 0 atom stereocenters. The lowest BCUT2D eigenvalue weighted by molar-refractivity contribution is 0.425. The first kappa shape index (κ1) is 31.6. The molecule has 0 aliphatic rings. The van der Waals surface area contributed by atoms with E-state index in [0.717, 1.165) is 0 Å². The zero-order valence-electron chi connectivity index (χ0n) is 25.0. The highest BCUT2D eigenvalue weighted by Crippen LogP contribution is 2.43. The summed E-state index contributed by atoms with van der Waals surface area (Å²) in [7, 11) is -6.17. The molecule has 0 spiro atoms. The molecule has 0 saturated heterocycles. The van der Waals surface area contributed by atoms with E-state index in [1.165, 1.54) is 6.07 Å². The van der Waals surface area contributed by atoms with Crippen molar-refractivity contribution in [3.63, 3.8) is 0 Å². The average molecular weight is 543 g/mol. The Morgan fingerprint density at radius 2 is 1.24 bits per heavy atom. The highest BCUT2D eigenvalue weighted by Gasteiger charge is 2.47. The van der Waals surface area contributed by atoms with Gasteiger partial charge in [0.25, 0.3) is 8.32 Å². The molecule has 0 amide bonds. The summed E-state index contributed by atoms with van der Waals surface area (Å²) < 4.78 is 22.2. The summed E-state index contributed by atoms with van der Waals surface area (Å²) >= 11 is 0. The van der Waals surface area contributed by atoms with Crippen LogP contribution in [0.3, 0.4) is 0 Å². The largest absolute Gasteiger partial charge is 0.543 e. The topological polar surface area (TPSA) is 49.7 Å². The number of hydrogen-bond acceptors (Lipinski definition) is 3. The minimum Gasteiger partial charge on any atom is -0.543 e. The van der Waals surface area contributed by atoms with Crippen LogP contribution in [0.15, 0.2) is 24.3 Å². The van der Waals surface area contributed by atoms with Gasteiger partial charge in [0.15, 0.2) is 0 Å². The highest BCUT2D eigenvalue weighted by atomic mass is 28.4. The molecule has 0 aliphatic carbocycles. The number of halogens is 1. The van der Waals surface area contributed by atoms with Crippen molar-refractivity contribution in [2.75, 3.05) is 0 Å². The maximum Gasteiger partial charge on any atom is 0.489 e. The van der Waals surface area contributed by atoms with Gasteiger partial charge in [-0.05, 0) is 62.3 Å². The fourth-order valence-electron chi connectivity index (χ4n) is 6.99. The van der Waals surface area contributed by atoms with Crippen molar-refractivity contribution in [2.24, 2.45) is 0 Å². The summed E-state index contributed by atoms with van der Waals surface area (Å²) in [6.45, 7) is 26.6. The van der Waals surface area contributed by atoms with Crippen LogP contribution in [0.5, 0.6) is 5.75 Å². The predicted octanol–water partition coefficient (Wildman–Crippen LogP) is 7.78. The van der Waals surface area contributed by atoms with E-state index in [1.807, 2.05) is 6.07 Å². The predicted molar refractivity (Wildman–Crippen MR) is 163 cm³/mol. The van der Waals surface area contributed by atoms with Gasteiger partial charge in [-0.3, -0.25) is 0 Å². The third-order valence-corrected chi connectivity index (χ3v) is 20.9. The smallest absolute Gasteiger partial charge is 0.489 e. The van der Waals surface area contributed by atoms with Crippen LogP contribution >= 0.6 is 0 Å². The van der Waals surface area contributed by atoms with Crippen molar-refractivity contribution in [1.29, 1.82) is 0 Å². The van der Waals surface area contributed by atoms with E-state index in [0.29, 0.717) is 49.8 Å². The molecule has 0 saturated carbocycles. The lowest BCUT2D eigenvalue weighted by Crippen LogP contribution is -2.50. The summed E-state index contributed by atoms with van der Waals surface area (Å²) in [5, 5.41) is 22.0. The van der Waals surface area contributed by atoms with Crippen LogP contribution in [-0.2, 0) is 0 Å². The van der Waals surface area contributed by atoms with Crippen molar-refractivity contribution in [1.82, 2.24) is 0 Å². The van der Waals surface area contributed by atoms with E-state index in [-0.39, 0.29) is 11.0 Å². The second kappa shape index (κ2) is 12.1. The van der Waals surface area contributed by atoms with Crippen LogP contribution < -0.4 is 9.89 Å². The van der Waals surface area contributed by atoms with Crippen molar-refractivity contribution in [3.8, 4) is 17.2 Å². The van der Waals surface area contributed by atoms with Crippen LogP contribution in [0.1, 0.15) is 88.6 Å². The van der Waals surface area contributed by atoms with Crippen molar-refractivity contribution >= 4 is 39.7 Å². The summed E-state index contributed by atoms with van der Waals surface area (Å²) in [5.74, 6) is 3.41. The molecule has 7 heteroatoms. The average Bonchev–Trinajstić information content (AvgIpc) is 2.76. The Morgan fingerprint density at radius 3 is 1.65 bits per heavy atom. The molecule has 37 heavy (non-hydrogen) atoms. The first-order chi connectivity index (χ1) is 17.0. The van der Waals surface area contributed by atoms with Gasteiger partial charge in [0.2, 0.25) is 0 Å². The van der Waals surface area contributed by atoms with Gasteiger partial charge in [-0.2, -0.15) is 0 Å². The summed E-state index contributed by atoms with van der Waals surface area (Å²) in [6.07, 6.45) is 0. The Morgan fingerprint density at radius 1 is 0.757 bits per heavy atom. The van der Waals surface area contributed by atoms with Gasteiger partial charge in [0, 0.05) is 5.39 Å². The van der Waals surface area contributed by atoms with Crippen molar-refractivity contribution < 1.29 is 18.9 Å². The van der Waals surface area contributed by atoms with E-state index in [1.54, 1.807) is 12.1 Å². The molecule has 0 aliphatic heterocycles. The van der Waals surface area contributed by atoms with Crippen LogP contribution in [0.2, 0.25) is 33.2 Å². The van der Waals surface area contributed by atoms with Gasteiger partial charge in [-0.1, -0.05) is 95.1 Å². The van der Waals surface area contributed by atoms with Gasteiger partial charge in [0.1, 0.15) is 19.6 Å². The maximum atomic E-state index is 15.4. The molecule has 2 aromatic carbocycles. The van der Waals surface area contributed by atoms with E-state index < -0.39 is 29.3 Å². The summed E-state index contributed by atoms with van der Waals surface area (Å²) in [4.78, 5) is 0. The molecule has 0 heterocycles. The molecule has 0 radical (unpaired) electrons. The molecule has 2 aromatic rings. The second-order valence-electron chi connectivity index (χ2n) is 12.5. The molecule has 3 nitrogen and oxygen atoms in total.